The van der Waals surface area contributed by atoms with Crippen molar-refractivity contribution in [2.75, 3.05) is 0 Å². The molecule has 1 aromatic carbocycles. The van der Waals surface area contributed by atoms with Crippen LogP contribution in [0.3, 0.4) is 0 Å². The van der Waals surface area contributed by atoms with Crippen LogP contribution in [0.5, 0.6) is 0 Å². The maximum Gasteiger partial charge on any atom is 0.116 e. The molecule has 2 rings (SSSR count). The summed E-state index contributed by atoms with van der Waals surface area (Å²) in [5, 5.41) is 0. The molecule has 0 aliphatic carbocycles. The second-order valence-corrected chi connectivity index (χ2v) is 3.90. The van der Waals surface area contributed by atoms with Crippen molar-refractivity contribution < 1.29 is 0 Å². The van der Waals surface area contributed by atoms with Crippen LogP contribution in [0.1, 0.15) is 16.8 Å². The highest BCUT2D eigenvalue weighted by Crippen LogP contribution is 2.20. The maximum atomic E-state index is 5.56. The third kappa shape index (κ3) is 2.09. The van der Waals surface area contributed by atoms with Crippen LogP contribution >= 0.6 is 0 Å². The van der Waals surface area contributed by atoms with E-state index in [4.69, 9.17) is 5.73 Å². The van der Waals surface area contributed by atoms with Crippen molar-refractivity contribution in [1.82, 2.24) is 9.97 Å². The number of hydrogen-bond donors (Lipinski definition) is 1. The van der Waals surface area contributed by atoms with Crippen LogP contribution in [-0.2, 0) is 6.54 Å². The molecule has 0 amide bonds. The Kier molecular flexibility index (Phi) is 2.97. The van der Waals surface area contributed by atoms with E-state index in [1.807, 2.05) is 6.07 Å². The zero-order chi connectivity index (χ0) is 11.5. The Hall–Kier alpha value is -1.74. The Morgan fingerprint density at radius 3 is 2.56 bits per heavy atom. The van der Waals surface area contributed by atoms with Gasteiger partial charge in [-0.2, -0.15) is 0 Å². The van der Waals surface area contributed by atoms with Gasteiger partial charge < -0.3 is 5.73 Å². The second-order valence-electron chi connectivity index (χ2n) is 3.90. The van der Waals surface area contributed by atoms with E-state index < -0.39 is 0 Å². The fraction of sp³-hybridized carbons (Fsp3) is 0.231. The predicted octanol–water partition coefficient (Wildman–Crippen LogP) is 2.22. The monoisotopic (exact) mass is 213 g/mol. The van der Waals surface area contributed by atoms with E-state index in [2.05, 4.69) is 42.0 Å². The Morgan fingerprint density at radius 1 is 1.06 bits per heavy atom. The molecule has 0 saturated heterocycles. The highest BCUT2D eigenvalue weighted by Gasteiger charge is 2.02. The lowest BCUT2D eigenvalue weighted by Crippen LogP contribution is -2.00. The lowest BCUT2D eigenvalue weighted by Gasteiger charge is -2.05. The molecule has 82 valence electrons. The first kappa shape index (κ1) is 10.8. The van der Waals surface area contributed by atoms with Crippen molar-refractivity contribution in [3.8, 4) is 11.3 Å². The molecule has 2 N–H and O–H groups in total. The van der Waals surface area contributed by atoms with Crippen LogP contribution in [-0.4, -0.2) is 9.97 Å². The van der Waals surface area contributed by atoms with E-state index >= 15 is 0 Å². The summed E-state index contributed by atoms with van der Waals surface area (Å²) in [6, 6.07) is 8.25. The molecule has 3 heteroatoms. The number of benzene rings is 1. The smallest absolute Gasteiger partial charge is 0.116 e. The van der Waals surface area contributed by atoms with Crippen LogP contribution in [0, 0.1) is 13.8 Å². The van der Waals surface area contributed by atoms with Gasteiger partial charge >= 0.3 is 0 Å². The molecule has 0 spiro atoms. The van der Waals surface area contributed by atoms with Gasteiger partial charge in [-0.25, -0.2) is 9.97 Å². The quantitative estimate of drug-likeness (QED) is 0.832. The number of hydrogen-bond acceptors (Lipinski definition) is 3. The van der Waals surface area contributed by atoms with Crippen molar-refractivity contribution in [3.05, 3.63) is 47.4 Å². The molecule has 0 unspecified atom stereocenters. The highest BCUT2D eigenvalue weighted by atomic mass is 14.8. The van der Waals surface area contributed by atoms with E-state index in [0.29, 0.717) is 6.54 Å². The molecular formula is C13H15N3. The van der Waals surface area contributed by atoms with Crippen molar-refractivity contribution in [2.45, 2.75) is 20.4 Å². The first-order valence-electron chi connectivity index (χ1n) is 5.29. The van der Waals surface area contributed by atoms with Gasteiger partial charge in [0.15, 0.2) is 0 Å². The minimum atomic E-state index is 0.445. The molecule has 0 aliphatic rings. The molecule has 0 fully saturated rings. The summed E-state index contributed by atoms with van der Waals surface area (Å²) in [6.07, 6.45) is 1.56. The average Bonchev–Trinajstić information content (AvgIpc) is 2.33. The third-order valence-corrected chi connectivity index (χ3v) is 2.74. The minimum Gasteiger partial charge on any atom is -0.325 e. The molecule has 0 aliphatic heterocycles. The van der Waals surface area contributed by atoms with Crippen LogP contribution in [0.15, 0.2) is 30.6 Å². The molecular weight excluding hydrogens is 198 g/mol. The zero-order valence-corrected chi connectivity index (χ0v) is 9.57. The SMILES string of the molecule is Cc1ccc(-c2cc(CN)ncn2)cc1C. The van der Waals surface area contributed by atoms with Crippen molar-refractivity contribution in [3.63, 3.8) is 0 Å². The zero-order valence-electron chi connectivity index (χ0n) is 9.57. The highest BCUT2D eigenvalue weighted by molar-refractivity contribution is 5.60. The average molecular weight is 213 g/mol. The lowest BCUT2D eigenvalue weighted by molar-refractivity contribution is 0.966. The molecule has 3 nitrogen and oxygen atoms in total. The molecule has 0 saturated carbocycles. The Morgan fingerprint density at radius 2 is 1.88 bits per heavy atom. The molecule has 1 aromatic heterocycles. The van der Waals surface area contributed by atoms with Gasteiger partial charge in [0.05, 0.1) is 11.4 Å². The number of rotatable bonds is 2. The summed E-state index contributed by atoms with van der Waals surface area (Å²) >= 11 is 0. The first-order valence-corrected chi connectivity index (χ1v) is 5.29. The Bertz CT molecular complexity index is 506. The van der Waals surface area contributed by atoms with Gasteiger partial charge in [0.1, 0.15) is 6.33 Å². The largest absolute Gasteiger partial charge is 0.325 e. The minimum absolute atomic E-state index is 0.445. The molecule has 0 radical (unpaired) electrons. The summed E-state index contributed by atoms with van der Waals surface area (Å²) in [5.41, 5.74) is 11.0. The summed E-state index contributed by atoms with van der Waals surface area (Å²) in [6.45, 7) is 4.65. The molecule has 16 heavy (non-hydrogen) atoms. The fourth-order valence-corrected chi connectivity index (χ4v) is 1.57. The normalized spacial score (nSPS) is 10.4. The number of aryl methyl sites for hydroxylation is 2. The summed E-state index contributed by atoms with van der Waals surface area (Å²) in [4.78, 5) is 8.35. The van der Waals surface area contributed by atoms with E-state index in [1.165, 1.54) is 11.1 Å². The molecule has 1 heterocycles. The predicted molar refractivity (Wildman–Crippen MR) is 64.8 cm³/mol. The van der Waals surface area contributed by atoms with Crippen molar-refractivity contribution in [2.24, 2.45) is 5.73 Å². The van der Waals surface area contributed by atoms with Gasteiger partial charge in [-0.1, -0.05) is 12.1 Å². The summed E-state index contributed by atoms with van der Waals surface area (Å²) in [7, 11) is 0. The lowest BCUT2D eigenvalue weighted by atomic mass is 10.0. The van der Waals surface area contributed by atoms with Crippen LogP contribution in [0.2, 0.25) is 0 Å². The Labute approximate surface area is 95.4 Å². The van der Waals surface area contributed by atoms with Crippen molar-refractivity contribution in [1.29, 1.82) is 0 Å². The Balaban J connectivity index is 2.46. The first-order chi connectivity index (χ1) is 7.70. The summed E-state index contributed by atoms with van der Waals surface area (Å²) in [5.74, 6) is 0. The topological polar surface area (TPSA) is 51.8 Å². The maximum absolute atomic E-state index is 5.56. The van der Waals surface area contributed by atoms with Crippen molar-refractivity contribution >= 4 is 0 Å². The summed E-state index contributed by atoms with van der Waals surface area (Å²) < 4.78 is 0. The molecule has 2 aromatic rings. The second kappa shape index (κ2) is 4.41. The third-order valence-electron chi connectivity index (χ3n) is 2.74. The molecule has 0 bridgehead atoms. The standard InChI is InChI=1S/C13H15N3/c1-9-3-4-11(5-10(9)2)13-6-12(7-14)15-8-16-13/h3-6,8H,7,14H2,1-2H3. The van der Waals surface area contributed by atoms with Gasteiger partial charge in [-0.05, 0) is 37.1 Å². The van der Waals surface area contributed by atoms with E-state index in [9.17, 15) is 0 Å². The molecule has 0 atom stereocenters. The van der Waals surface area contributed by atoms with Gasteiger partial charge in [0.2, 0.25) is 0 Å². The van der Waals surface area contributed by atoms with Gasteiger partial charge in [0.25, 0.3) is 0 Å². The fourth-order valence-electron chi connectivity index (χ4n) is 1.57. The number of aromatic nitrogens is 2. The van der Waals surface area contributed by atoms with E-state index in [-0.39, 0.29) is 0 Å². The van der Waals surface area contributed by atoms with E-state index in [0.717, 1.165) is 17.0 Å². The van der Waals surface area contributed by atoms with Gasteiger partial charge in [-0.3, -0.25) is 0 Å². The number of nitrogens with zero attached hydrogens (tertiary/aromatic N) is 2. The van der Waals surface area contributed by atoms with Crippen LogP contribution < -0.4 is 5.73 Å². The number of nitrogens with two attached hydrogens (primary N) is 1. The van der Waals surface area contributed by atoms with Gasteiger partial charge in [-0.15, -0.1) is 0 Å². The van der Waals surface area contributed by atoms with Gasteiger partial charge in [0, 0.05) is 12.1 Å². The van der Waals surface area contributed by atoms with Crippen LogP contribution in [0.4, 0.5) is 0 Å². The van der Waals surface area contributed by atoms with Crippen LogP contribution in [0.25, 0.3) is 11.3 Å². The van der Waals surface area contributed by atoms with E-state index in [1.54, 1.807) is 6.33 Å².